The number of anilines is 1. The molecule has 2 rings (SSSR count). The number of hydrogen-bond acceptors (Lipinski definition) is 3. The van der Waals surface area contributed by atoms with Gasteiger partial charge in [0.25, 0.3) is 0 Å². The Hall–Kier alpha value is -1.42. The molecule has 5 heteroatoms. The Kier molecular flexibility index (Phi) is 5.74. The molecule has 3 nitrogen and oxygen atoms in total. The summed E-state index contributed by atoms with van der Waals surface area (Å²) in [5.41, 5.74) is 1.85. The number of halogens is 2. The lowest BCUT2D eigenvalue weighted by Crippen LogP contribution is -2.26. The van der Waals surface area contributed by atoms with Gasteiger partial charge in [-0.15, -0.1) is 0 Å². The number of ether oxygens (including phenoxy) is 1. The van der Waals surface area contributed by atoms with Crippen molar-refractivity contribution in [3.63, 3.8) is 0 Å². The Labute approximate surface area is 134 Å². The largest absolute Gasteiger partial charge is 0.491 e. The first-order valence-electron chi connectivity index (χ1n) is 6.61. The third-order valence-corrected chi connectivity index (χ3v) is 3.44. The highest BCUT2D eigenvalue weighted by Crippen LogP contribution is 2.25. The maximum atomic E-state index is 9.93. The van der Waals surface area contributed by atoms with Crippen LogP contribution in [0.5, 0.6) is 5.75 Å². The van der Waals surface area contributed by atoms with E-state index in [4.69, 9.17) is 27.9 Å². The standard InChI is InChI=1S/C16H17Cl2NO2/c1-11-3-2-4-14(7-11)21-10-13(20)9-19-16-6-5-12(17)8-15(16)18/h2-8,13,19-20H,9-10H2,1H3. The van der Waals surface area contributed by atoms with E-state index in [0.717, 1.165) is 17.0 Å². The molecule has 0 aliphatic rings. The van der Waals surface area contributed by atoms with Crippen molar-refractivity contribution in [2.24, 2.45) is 0 Å². The molecule has 0 bridgehead atoms. The molecule has 0 radical (unpaired) electrons. The molecule has 0 aliphatic heterocycles. The molecular formula is C16H17Cl2NO2. The molecule has 0 spiro atoms. The van der Waals surface area contributed by atoms with E-state index in [-0.39, 0.29) is 6.61 Å². The van der Waals surface area contributed by atoms with E-state index in [9.17, 15) is 5.11 Å². The average Bonchev–Trinajstić information content (AvgIpc) is 2.44. The van der Waals surface area contributed by atoms with Crippen LogP contribution in [0.15, 0.2) is 42.5 Å². The SMILES string of the molecule is Cc1cccc(OCC(O)CNc2ccc(Cl)cc2Cl)c1. The van der Waals surface area contributed by atoms with Crippen molar-refractivity contribution in [2.75, 3.05) is 18.5 Å². The topological polar surface area (TPSA) is 41.5 Å². The van der Waals surface area contributed by atoms with Gasteiger partial charge < -0.3 is 15.2 Å². The normalized spacial score (nSPS) is 12.0. The zero-order valence-corrected chi connectivity index (χ0v) is 13.2. The second-order valence-corrected chi connectivity index (χ2v) is 5.63. The summed E-state index contributed by atoms with van der Waals surface area (Å²) < 4.78 is 5.54. The molecule has 2 N–H and O–H groups in total. The molecule has 0 aromatic heterocycles. The van der Waals surface area contributed by atoms with Gasteiger partial charge in [0.15, 0.2) is 0 Å². The quantitative estimate of drug-likeness (QED) is 0.838. The van der Waals surface area contributed by atoms with Crippen molar-refractivity contribution in [2.45, 2.75) is 13.0 Å². The summed E-state index contributed by atoms with van der Waals surface area (Å²) in [5.74, 6) is 0.749. The van der Waals surface area contributed by atoms with Crippen LogP contribution in [0.4, 0.5) is 5.69 Å². The molecule has 0 heterocycles. The fraction of sp³-hybridized carbons (Fsp3) is 0.250. The predicted octanol–water partition coefficient (Wildman–Crippen LogP) is 4.15. The summed E-state index contributed by atoms with van der Waals surface area (Å²) in [6, 6.07) is 12.9. The Balaban J connectivity index is 1.80. The lowest BCUT2D eigenvalue weighted by molar-refractivity contribution is 0.117. The van der Waals surface area contributed by atoms with Crippen molar-refractivity contribution < 1.29 is 9.84 Å². The van der Waals surface area contributed by atoms with Crippen LogP contribution < -0.4 is 10.1 Å². The molecule has 0 saturated heterocycles. The van der Waals surface area contributed by atoms with Crippen LogP contribution in [-0.4, -0.2) is 24.4 Å². The van der Waals surface area contributed by atoms with Gasteiger partial charge in [-0.25, -0.2) is 0 Å². The number of aryl methyl sites for hydroxylation is 1. The number of rotatable bonds is 6. The van der Waals surface area contributed by atoms with Crippen molar-refractivity contribution >= 4 is 28.9 Å². The van der Waals surface area contributed by atoms with Crippen LogP contribution in [0.2, 0.25) is 10.0 Å². The molecule has 0 aliphatic carbocycles. The van der Waals surface area contributed by atoms with Gasteiger partial charge in [-0.05, 0) is 42.8 Å². The zero-order chi connectivity index (χ0) is 15.2. The van der Waals surface area contributed by atoms with Gasteiger partial charge in [0.2, 0.25) is 0 Å². The van der Waals surface area contributed by atoms with Crippen molar-refractivity contribution in [3.05, 3.63) is 58.1 Å². The van der Waals surface area contributed by atoms with Crippen LogP contribution in [0.1, 0.15) is 5.56 Å². The van der Waals surface area contributed by atoms with Gasteiger partial charge in [0.1, 0.15) is 18.5 Å². The summed E-state index contributed by atoms with van der Waals surface area (Å²) in [6.45, 7) is 2.54. The number of benzene rings is 2. The van der Waals surface area contributed by atoms with E-state index in [0.29, 0.717) is 16.6 Å². The van der Waals surface area contributed by atoms with Crippen molar-refractivity contribution in [1.82, 2.24) is 0 Å². The van der Waals surface area contributed by atoms with Crippen LogP contribution >= 0.6 is 23.2 Å². The lowest BCUT2D eigenvalue weighted by atomic mass is 10.2. The van der Waals surface area contributed by atoms with Gasteiger partial charge in [-0.3, -0.25) is 0 Å². The smallest absolute Gasteiger partial charge is 0.119 e. The second-order valence-electron chi connectivity index (χ2n) is 4.79. The van der Waals surface area contributed by atoms with Crippen LogP contribution in [0.25, 0.3) is 0 Å². The lowest BCUT2D eigenvalue weighted by Gasteiger charge is -2.15. The van der Waals surface area contributed by atoms with Crippen molar-refractivity contribution in [3.8, 4) is 5.75 Å². The number of hydrogen-bond donors (Lipinski definition) is 2. The Morgan fingerprint density at radius 2 is 2.00 bits per heavy atom. The molecule has 1 unspecified atom stereocenters. The first-order chi connectivity index (χ1) is 10.0. The molecule has 1 atom stereocenters. The van der Waals surface area contributed by atoms with Crippen LogP contribution in [0.3, 0.4) is 0 Å². The Morgan fingerprint density at radius 3 is 2.71 bits per heavy atom. The fourth-order valence-electron chi connectivity index (χ4n) is 1.82. The maximum Gasteiger partial charge on any atom is 0.119 e. The Bertz CT molecular complexity index is 605. The van der Waals surface area contributed by atoms with E-state index in [2.05, 4.69) is 5.32 Å². The number of aliphatic hydroxyl groups excluding tert-OH is 1. The minimum Gasteiger partial charge on any atom is -0.491 e. The average molecular weight is 326 g/mol. The zero-order valence-electron chi connectivity index (χ0n) is 11.6. The third kappa shape index (κ3) is 5.12. The highest BCUT2D eigenvalue weighted by molar-refractivity contribution is 6.36. The summed E-state index contributed by atoms with van der Waals surface area (Å²) in [6.07, 6.45) is -0.641. The molecule has 0 fully saturated rings. The minimum atomic E-state index is -0.641. The molecule has 0 amide bonds. The molecule has 2 aromatic rings. The summed E-state index contributed by atoms with van der Waals surface area (Å²) >= 11 is 11.9. The summed E-state index contributed by atoms with van der Waals surface area (Å²) in [5, 5.41) is 14.1. The first kappa shape index (κ1) is 16.0. The first-order valence-corrected chi connectivity index (χ1v) is 7.36. The fourth-order valence-corrected chi connectivity index (χ4v) is 2.29. The summed E-state index contributed by atoms with van der Waals surface area (Å²) in [7, 11) is 0. The second kappa shape index (κ2) is 7.55. The maximum absolute atomic E-state index is 9.93. The van der Waals surface area contributed by atoms with Crippen molar-refractivity contribution in [1.29, 1.82) is 0 Å². The number of nitrogens with one attached hydrogen (secondary N) is 1. The number of aliphatic hydroxyl groups is 1. The summed E-state index contributed by atoms with van der Waals surface area (Å²) in [4.78, 5) is 0. The van der Waals surface area contributed by atoms with E-state index in [1.54, 1.807) is 18.2 Å². The van der Waals surface area contributed by atoms with Gasteiger partial charge in [0.05, 0.1) is 10.7 Å². The monoisotopic (exact) mass is 325 g/mol. The molecule has 0 saturated carbocycles. The van der Waals surface area contributed by atoms with Gasteiger partial charge in [0, 0.05) is 11.6 Å². The van der Waals surface area contributed by atoms with Gasteiger partial charge in [-0.2, -0.15) is 0 Å². The highest BCUT2D eigenvalue weighted by Gasteiger charge is 2.07. The predicted molar refractivity (Wildman–Crippen MR) is 87.6 cm³/mol. The van der Waals surface area contributed by atoms with Crippen LogP contribution in [-0.2, 0) is 0 Å². The van der Waals surface area contributed by atoms with E-state index >= 15 is 0 Å². The minimum absolute atomic E-state index is 0.210. The third-order valence-electron chi connectivity index (χ3n) is 2.89. The molecule has 21 heavy (non-hydrogen) atoms. The molecule has 112 valence electrons. The highest BCUT2D eigenvalue weighted by atomic mass is 35.5. The van der Waals surface area contributed by atoms with Gasteiger partial charge >= 0.3 is 0 Å². The van der Waals surface area contributed by atoms with Crippen LogP contribution in [0, 0.1) is 6.92 Å². The van der Waals surface area contributed by atoms with Gasteiger partial charge in [-0.1, -0.05) is 35.3 Å². The molecule has 2 aromatic carbocycles. The Morgan fingerprint density at radius 1 is 1.19 bits per heavy atom. The van der Waals surface area contributed by atoms with E-state index in [1.165, 1.54) is 0 Å². The van der Waals surface area contributed by atoms with E-state index in [1.807, 2.05) is 31.2 Å². The van der Waals surface area contributed by atoms with E-state index < -0.39 is 6.10 Å². The molecular weight excluding hydrogens is 309 g/mol.